The highest BCUT2D eigenvalue weighted by molar-refractivity contribution is 5.56. The second-order valence-electron chi connectivity index (χ2n) is 5.98. The van der Waals surface area contributed by atoms with Gasteiger partial charge in [0.05, 0.1) is 7.11 Å². The highest BCUT2D eigenvalue weighted by Crippen LogP contribution is 2.22. The average molecular weight is 334 g/mol. The van der Waals surface area contributed by atoms with Crippen molar-refractivity contribution in [2.75, 3.05) is 12.4 Å². The van der Waals surface area contributed by atoms with Crippen LogP contribution in [0.2, 0.25) is 0 Å². The van der Waals surface area contributed by atoms with Crippen LogP contribution in [0.3, 0.4) is 0 Å². The molecule has 1 aromatic carbocycles. The third kappa shape index (κ3) is 3.76. The lowest BCUT2D eigenvalue weighted by Gasteiger charge is -2.13. The molecule has 0 saturated carbocycles. The first-order valence-electron chi connectivity index (χ1n) is 8.22. The molecule has 0 saturated heterocycles. The van der Waals surface area contributed by atoms with Crippen molar-refractivity contribution in [3.63, 3.8) is 0 Å². The molecule has 128 valence electrons. The number of hydrogen-bond donors (Lipinski definition) is 1. The van der Waals surface area contributed by atoms with Crippen LogP contribution in [-0.2, 0) is 6.54 Å². The van der Waals surface area contributed by atoms with Crippen LogP contribution < -0.4 is 10.1 Å². The molecule has 0 spiro atoms. The summed E-state index contributed by atoms with van der Waals surface area (Å²) in [4.78, 5) is 13.6. The molecule has 0 fully saturated rings. The molecule has 0 radical (unpaired) electrons. The minimum atomic E-state index is 0.636. The predicted molar refractivity (Wildman–Crippen MR) is 99.8 cm³/mol. The number of nitrogens with zero attached hydrogens (tertiary/aromatic N) is 3. The normalized spacial score (nSPS) is 10.6. The van der Waals surface area contributed by atoms with Gasteiger partial charge < -0.3 is 10.1 Å². The Morgan fingerprint density at radius 2 is 1.88 bits per heavy atom. The summed E-state index contributed by atoms with van der Waals surface area (Å²) in [7, 11) is 1.69. The zero-order valence-electron chi connectivity index (χ0n) is 15.0. The molecule has 3 rings (SSSR count). The maximum atomic E-state index is 5.31. The van der Waals surface area contributed by atoms with Crippen molar-refractivity contribution in [2.24, 2.45) is 0 Å². The SMILES string of the molecule is COc1ccc(CNc2nc(-c3ccccn3)nc(C)c2C)cc1C. The molecule has 0 unspecified atom stereocenters. The van der Waals surface area contributed by atoms with Gasteiger partial charge in [0, 0.05) is 24.0 Å². The Hall–Kier alpha value is -2.95. The first kappa shape index (κ1) is 16.9. The van der Waals surface area contributed by atoms with Gasteiger partial charge in [-0.1, -0.05) is 18.2 Å². The maximum absolute atomic E-state index is 5.31. The second-order valence-corrected chi connectivity index (χ2v) is 5.98. The standard InChI is InChI=1S/C20H22N4O/c1-13-11-16(8-9-18(13)25-4)12-22-19-14(2)15(3)23-20(24-19)17-7-5-6-10-21-17/h5-11H,12H2,1-4H3,(H,22,23,24). The minimum Gasteiger partial charge on any atom is -0.496 e. The van der Waals surface area contributed by atoms with Crippen molar-refractivity contribution in [1.29, 1.82) is 0 Å². The van der Waals surface area contributed by atoms with E-state index < -0.39 is 0 Å². The molecule has 0 atom stereocenters. The summed E-state index contributed by atoms with van der Waals surface area (Å²) in [5.74, 6) is 2.37. The Balaban J connectivity index is 1.85. The van der Waals surface area contributed by atoms with E-state index in [4.69, 9.17) is 4.74 Å². The summed E-state index contributed by atoms with van der Waals surface area (Å²) in [5.41, 5.74) is 5.06. The van der Waals surface area contributed by atoms with Gasteiger partial charge in [-0.15, -0.1) is 0 Å². The van der Waals surface area contributed by atoms with Gasteiger partial charge >= 0.3 is 0 Å². The van der Waals surface area contributed by atoms with Gasteiger partial charge in [-0.3, -0.25) is 4.98 Å². The third-order valence-corrected chi connectivity index (χ3v) is 4.20. The molecule has 2 heterocycles. The fourth-order valence-electron chi connectivity index (χ4n) is 2.65. The third-order valence-electron chi connectivity index (χ3n) is 4.20. The minimum absolute atomic E-state index is 0.636. The Kier molecular flexibility index (Phi) is 4.93. The number of benzene rings is 1. The fourth-order valence-corrected chi connectivity index (χ4v) is 2.65. The number of nitrogens with one attached hydrogen (secondary N) is 1. The average Bonchev–Trinajstić information content (AvgIpc) is 2.63. The maximum Gasteiger partial charge on any atom is 0.180 e. The highest BCUT2D eigenvalue weighted by atomic mass is 16.5. The van der Waals surface area contributed by atoms with Crippen molar-refractivity contribution in [1.82, 2.24) is 15.0 Å². The van der Waals surface area contributed by atoms with Crippen LogP contribution in [0, 0.1) is 20.8 Å². The summed E-state index contributed by atoms with van der Waals surface area (Å²) < 4.78 is 5.31. The molecule has 25 heavy (non-hydrogen) atoms. The van der Waals surface area contributed by atoms with Gasteiger partial charge in [0.1, 0.15) is 17.3 Å². The Bertz CT molecular complexity index is 878. The lowest BCUT2D eigenvalue weighted by atomic mass is 10.1. The molecule has 5 heteroatoms. The highest BCUT2D eigenvalue weighted by Gasteiger charge is 2.10. The monoisotopic (exact) mass is 334 g/mol. The van der Waals surface area contributed by atoms with Crippen LogP contribution in [0.4, 0.5) is 5.82 Å². The molecule has 3 aromatic rings. The van der Waals surface area contributed by atoms with E-state index in [2.05, 4.69) is 32.4 Å². The molecule has 1 N–H and O–H groups in total. The Labute approximate surface area is 148 Å². The van der Waals surface area contributed by atoms with E-state index in [9.17, 15) is 0 Å². The zero-order chi connectivity index (χ0) is 17.8. The molecule has 0 aliphatic rings. The predicted octanol–water partition coefficient (Wildman–Crippen LogP) is 4.08. The van der Waals surface area contributed by atoms with Crippen LogP contribution in [0.25, 0.3) is 11.5 Å². The molecule has 2 aromatic heterocycles. The van der Waals surface area contributed by atoms with Gasteiger partial charge in [0.25, 0.3) is 0 Å². The number of ether oxygens (including phenoxy) is 1. The summed E-state index contributed by atoms with van der Waals surface area (Å²) in [6.07, 6.45) is 1.75. The number of pyridine rings is 1. The van der Waals surface area contributed by atoms with Crippen molar-refractivity contribution in [2.45, 2.75) is 27.3 Å². The van der Waals surface area contributed by atoms with Gasteiger partial charge in [-0.2, -0.15) is 0 Å². The van der Waals surface area contributed by atoms with E-state index in [-0.39, 0.29) is 0 Å². The van der Waals surface area contributed by atoms with Crippen molar-refractivity contribution in [3.05, 3.63) is 65.0 Å². The van der Waals surface area contributed by atoms with E-state index in [0.29, 0.717) is 12.4 Å². The van der Waals surface area contributed by atoms with Crippen LogP contribution >= 0.6 is 0 Å². The largest absolute Gasteiger partial charge is 0.496 e. The molecular formula is C20H22N4O. The van der Waals surface area contributed by atoms with E-state index in [1.165, 1.54) is 5.56 Å². The van der Waals surface area contributed by atoms with Crippen LogP contribution in [-0.4, -0.2) is 22.1 Å². The number of methoxy groups -OCH3 is 1. The van der Waals surface area contributed by atoms with E-state index >= 15 is 0 Å². The molecule has 0 aliphatic carbocycles. The van der Waals surface area contributed by atoms with E-state index in [0.717, 1.165) is 34.1 Å². The summed E-state index contributed by atoms with van der Waals surface area (Å²) >= 11 is 0. The van der Waals surface area contributed by atoms with Gasteiger partial charge in [-0.25, -0.2) is 9.97 Å². The van der Waals surface area contributed by atoms with Gasteiger partial charge in [0.15, 0.2) is 5.82 Å². The summed E-state index contributed by atoms with van der Waals surface area (Å²) in [6, 6.07) is 11.9. The van der Waals surface area contributed by atoms with Crippen LogP contribution in [0.5, 0.6) is 5.75 Å². The number of aromatic nitrogens is 3. The number of rotatable bonds is 5. The molecule has 0 aliphatic heterocycles. The lowest BCUT2D eigenvalue weighted by molar-refractivity contribution is 0.411. The van der Waals surface area contributed by atoms with Crippen LogP contribution in [0.15, 0.2) is 42.6 Å². The van der Waals surface area contributed by atoms with Crippen molar-refractivity contribution < 1.29 is 4.74 Å². The zero-order valence-corrected chi connectivity index (χ0v) is 15.0. The number of aryl methyl sites for hydroxylation is 2. The van der Waals surface area contributed by atoms with Crippen molar-refractivity contribution >= 4 is 5.82 Å². The van der Waals surface area contributed by atoms with E-state index in [1.807, 2.05) is 45.0 Å². The topological polar surface area (TPSA) is 59.9 Å². The molecule has 0 amide bonds. The molecule has 5 nitrogen and oxygen atoms in total. The molecular weight excluding hydrogens is 312 g/mol. The smallest absolute Gasteiger partial charge is 0.180 e. The Morgan fingerprint density at radius 3 is 2.56 bits per heavy atom. The molecule has 0 bridgehead atoms. The van der Waals surface area contributed by atoms with Gasteiger partial charge in [0.2, 0.25) is 0 Å². The number of anilines is 1. The van der Waals surface area contributed by atoms with Crippen LogP contribution in [0.1, 0.15) is 22.4 Å². The summed E-state index contributed by atoms with van der Waals surface area (Å²) in [5, 5.41) is 3.43. The summed E-state index contributed by atoms with van der Waals surface area (Å²) in [6.45, 7) is 6.75. The lowest BCUT2D eigenvalue weighted by Crippen LogP contribution is -2.07. The first-order chi connectivity index (χ1) is 12.1. The number of hydrogen-bond acceptors (Lipinski definition) is 5. The van der Waals surface area contributed by atoms with Gasteiger partial charge in [-0.05, 0) is 50.1 Å². The Morgan fingerprint density at radius 1 is 1.04 bits per heavy atom. The quantitative estimate of drug-likeness (QED) is 0.762. The van der Waals surface area contributed by atoms with E-state index in [1.54, 1.807) is 13.3 Å². The fraction of sp³-hybridized carbons (Fsp3) is 0.250. The first-order valence-corrected chi connectivity index (χ1v) is 8.22. The second kappa shape index (κ2) is 7.30. The van der Waals surface area contributed by atoms with Crippen molar-refractivity contribution in [3.8, 4) is 17.3 Å².